The molecule has 2 unspecified atom stereocenters. The Labute approximate surface area is 274 Å². The summed E-state index contributed by atoms with van der Waals surface area (Å²) in [5.41, 5.74) is 20.7. The van der Waals surface area contributed by atoms with E-state index >= 15 is 0 Å². The maximum Gasteiger partial charge on any atom is 0.0726 e. The van der Waals surface area contributed by atoms with E-state index in [4.69, 9.17) is 16.2 Å². The minimum Gasteiger partial charge on any atom is -0.398 e. The molecule has 0 saturated heterocycles. The predicted molar refractivity (Wildman–Crippen MR) is 220 cm³/mol. The largest absolute Gasteiger partial charge is 0.398 e. The van der Waals surface area contributed by atoms with E-state index in [9.17, 15) is 0 Å². The Morgan fingerprint density at radius 1 is 0.738 bits per heavy atom. The molecular formula is C37H95N5. The third-order valence-electron chi connectivity index (χ3n) is 5.08. The van der Waals surface area contributed by atoms with Gasteiger partial charge in [0.15, 0.2) is 0 Å². The molecule has 2 N–H and O–H groups in total. The molecule has 0 aliphatic heterocycles. The first kappa shape index (κ1) is 106. The number of nitrogens with two attached hydrogens (primary N) is 1. The summed E-state index contributed by atoms with van der Waals surface area (Å²) in [4.78, 5) is 7.73. The van der Waals surface area contributed by atoms with Gasteiger partial charge in [-0.05, 0) is 49.1 Å². The van der Waals surface area contributed by atoms with Crippen LogP contribution in [0.4, 0.5) is 5.69 Å². The number of rotatable bonds is 3. The smallest absolute Gasteiger partial charge is 0.0726 e. The van der Waals surface area contributed by atoms with Gasteiger partial charge in [0, 0.05) is 33.8 Å². The molecule has 0 fully saturated rings. The molecule has 1 aromatic carbocycles. The van der Waals surface area contributed by atoms with Crippen molar-refractivity contribution in [2.24, 2.45) is 11.0 Å². The lowest BCUT2D eigenvalue weighted by Crippen LogP contribution is -2.24. The van der Waals surface area contributed by atoms with Gasteiger partial charge in [-0.1, -0.05) is 176 Å². The Morgan fingerprint density at radius 3 is 1.69 bits per heavy atom. The molecule has 1 aromatic heterocycles. The number of fused-ring (bicyclic) bond motifs is 5. The Bertz CT molecular complexity index is 853. The van der Waals surface area contributed by atoms with Crippen LogP contribution in [-0.4, -0.2) is 11.5 Å². The Balaban J connectivity index is -0.0000000254. The number of nitrogens with zero attached hydrogens (tertiary/aromatic N) is 4. The number of pyridine rings is 1. The highest BCUT2D eigenvalue weighted by Crippen LogP contribution is 2.46. The van der Waals surface area contributed by atoms with Gasteiger partial charge in [0.25, 0.3) is 0 Å². The third kappa shape index (κ3) is 20.4. The second-order valence-electron chi connectivity index (χ2n) is 6.53. The van der Waals surface area contributed by atoms with Gasteiger partial charge in [0.1, 0.15) is 0 Å². The summed E-state index contributed by atoms with van der Waals surface area (Å²) in [6.45, 7) is 0.542. The lowest BCUT2D eigenvalue weighted by Gasteiger charge is -2.36. The van der Waals surface area contributed by atoms with Crippen LogP contribution in [0, 0.1) is 5.92 Å². The average Bonchev–Trinajstić information content (AvgIpc) is 2.55. The quantitative estimate of drug-likeness (QED) is 0.162. The number of benzene rings is 1. The minimum atomic E-state index is 0. The summed E-state index contributed by atoms with van der Waals surface area (Å²) in [5.74, 6) is 0.988. The molecule has 2 bridgehead atoms. The van der Waals surface area contributed by atoms with E-state index in [1.807, 2.05) is 18.2 Å². The van der Waals surface area contributed by atoms with Crippen molar-refractivity contribution >= 4 is 16.6 Å². The lowest BCUT2D eigenvalue weighted by molar-refractivity contribution is 0.428. The maximum atomic E-state index is 8.44. The molecule has 2 atom stereocenters. The summed E-state index contributed by atoms with van der Waals surface area (Å²) in [6, 6.07) is 8.13. The number of nitrogen functional groups attached to an aromatic ring is 1. The van der Waals surface area contributed by atoms with Gasteiger partial charge in [-0.25, -0.2) is 0 Å². The van der Waals surface area contributed by atoms with Crippen molar-refractivity contribution in [2.45, 2.75) is 173 Å². The highest BCUT2D eigenvalue weighted by atomic mass is 15.1. The second-order valence-corrected chi connectivity index (χ2v) is 6.53. The van der Waals surface area contributed by atoms with Crippen molar-refractivity contribution in [2.75, 3.05) is 12.3 Å². The summed E-state index contributed by atoms with van der Waals surface area (Å²) in [6.07, 6.45) is 6.36. The number of azide groups is 1. The van der Waals surface area contributed by atoms with Gasteiger partial charge in [0.2, 0.25) is 0 Å². The molecule has 1 heterocycles. The van der Waals surface area contributed by atoms with E-state index in [1.54, 1.807) is 0 Å². The van der Waals surface area contributed by atoms with Gasteiger partial charge >= 0.3 is 0 Å². The fourth-order valence-electron chi connectivity index (χ4n) is 4.19. The molecule has 268 valence electrons. The normalized spacial score (nSPS) is 12.1. The Morgan fingerprint density at radius 2 is 1.21 bits per heavy atom. The van der Waals surface area contributed by atoms with Crippen LogP contribution >= 0.6 is 0 Å². The molecule has 0 saturated carbocycles. The van der Waals surface area contributed by atoms with E-state index in [2.05, 4.69) is 22.2 Å². The number of para-hydroxylation sites is 1. The minimum absolute atomic E-state index is 0. The van der Waals surface area contributed by atoms with E-state index in [1.165, 1.54) is 16.8 Å². The van der Waals surface area contributed by atoms with E-state index in [0.29, 0.717) is 18.4 Å². The van der Waals surface area contributed by atoms with Crippen molar-refractivity contribution in [3.63, 3.8) is 0 Å². The zero-order valence-corrected chi connectivity index (χ0v) is 12.9. The van der Waals surface area contributed by atoms with Gasteiger partial charge in [-0.2, -0.15) is 0 Å². The Hall–Kier alpha value is -2.52. The topological polar surface area (TPSA) is 87.7 Å². The molecule has 2 aliphatic rings. The standard InChI is InChI=1S/C18H19N5.19CH4/c19-18-14-3-1-2-4-15(14)22-16-10-12-7-11(5-6-21-23-20)8-13(9-12)17(16)18;;;;;;;;;;;;;;;;;;;/h1-4,7,12-13H,5-6,8-10H2,(H2,19,22);19*1H4. The van der Waals surface area contributed by atoms with Crippen LogP contribution in [0.2, 0.25) is 0 Å². The first-order chi connectivity index (χ1) is 11.3. The van der Waals surface area contributed by atoms with Crippen LogP contribution in [0.5, 0.6) is 0 Å². The second kappa shape index (κ2) is 45.5. The fraction of sp³-hybridized carbons (Fsp3) is 0.703. The van der Waals surface area contributed by atoms with Crippen LogP contribution in [0.25, 0.3) is 21.3 Å². The van der Waals surface area contributed by atoms with Crippen LogP contribution in [0.1, 0.15) is 178 Å². The van der Waals surface area contributed by atoms with Crippen LogP contribution in [0.3, 0.4) is 0 Å². The molecule has 5 heteroatoms. The van der Waals surface area contributed by atoms with Crippen LogP contribution in [-0.2, 0) is 6.42 Å². The Kier molecular flexibility index (Phi) is 115. The molecule has 0 amide bonds. The highest BCUT2D eigenvalue weighted by Gasteiger charge is 2.33. The first-order valence-corrected chi connectivity index (χ1v) is 8.13. The molecule has 0 spiro atoms. The molecule has 2 aliphatic carbocycles. The monoisotopic (exact) mass is 610 g/mol. The van der Waals surface area contributed by atoms with Crippen LogP contribution in [0.15, 0.2) is 41.0 Å². The predicted octanol–water partition coefficient (Wildman–Crippen LogP) is 16.6. The van der Waals surface area contributed by atoms with Crippen molar-refractivity contribution in [3.8, 4) is 0 Å². The zero-order chi connectivity index (χ0) is 15.8. The lowest BCUT2D eigenvalue weighted by atomic mass is 9.70. The molecule has 2 aromatic rings. The van der Waals surface area contributed by atoms with Crippen LogP contribution < -0.4 is 5.73 Å². The van der Waals surface area contributed by atoms with E-state index < -0.39 is 0 Å². The van der Waals surface area contributed by atoms with Gasteiger partial charge in [0.05, 0.1) is 5.52 Å². The van der Waals surface area contributed by atoms with E-state index in [0.717, 1.165) is 42.3 Å². The third-order valence-corrected chi connectivity index (χ3v) is 5.08. The number of anilines is 1. The number of hydrogen-bond acceptors (Lipinski definition) is 3. The highest BCUT2D eigenvalue weighted by molar-refractivity contribution is 5.92. The summed E-state index contributed by atoms with van der Waals surface area (Å²) >= 11 is 0. The number of allylic oxidation sites excluding steroid dienone is 1. The van der Waals surface area contributed by atoms with Crippen molar-refractivity contribution in [1.82, 2.24) is 4.98 Å². The van der Waals surface area contributed by atoms with Crippen molar-refractivity contribution in [1.29, 1.82) is 0 Å². The number of hydrogen-bond donors (Lipinski definition) is 1. The van der Waals surface area contributed by atoms with Gasteiger partial charge < -0.3 is 5.73 Å². The van der Waals surface area contributed by atoms with E-state index in [-0.39, 0.29) is 141 Å². The number of aromatic nitrogens is 1. The first-order valence-electron chi connectivity index (χ1n) is 8.13. The molecular weight excluding hydrogens is 514 g/mol. The zero-order valence-electron chi connectivity index (χ0n) is 12.9. The molecule has 42 heavy (non-hydrogen) atoms. The molecule has 4 rings (SSSR count). The summed E-state index contributed by atoms with van der Waals surface area (Å²) in [5, 5.41) is 4.73. The summed E-state index contributed by atoms with van der Waals surface area (Å²) < 4.78 is 0. The maximum absolute atomic E-state index is 8.44. The summed E-state index contributed by atoms with van der Waals surface area (Å²) in [7, 11) is 0. The average molecular weight is 610 g/mol. The SMILES string of the molecule is C.C.C.C.C.C.C.C.C.C.C.C.C.C.C.C.C.C.C.[N-]=[N+]=NCCC1=CC2Cc3nc4ccccc4c(N)c3C(C1)C2. The van der Waals surface area contributed by atoms with Gasteiger partial charge in [-0.15, -0.1) is 0 Å². The molecule has 5 nitrogen and oxygen atoms in total. The van der Waals surface area contributed by atoms with Crippen molar-refractivity contribution < 1.29 is 0 Å². The fourth-order valence-corrected chi connectivity index (χ4v) is 4.19. The van der Waals surface area contributed by atoms with Crippen molar-refractivity contribution in [3.05, 3.63) is 57.6 Å². The molecule has 0 radical (unpaired) electrons. The van der Waals surface area contributed by atoms with Gasteiger partial charge in [-0.3, -0.25) is 4.98 Å².